The third-order valence-electron chi connectivity index (χ3n) is 4.81. The van der Waals surface area contributed by atoms with E-state index in [9.17, 15) is 0 Å². The highest BCUT2D eigenvalue weighted by molar-refractivity contribution is 5.65. The highest BCUT2D eigenvalue weighted by Gasteiger charge is 2.37. The van der Waals surface area contributed by atoms with Crippen molar-refractivity contribution in [3.8, 4) is 5.75 Å². The van der Waals surface area contributed by atoms with Crippen molar-refractivity contribution >= 4 is 11.6 Å². The van der Waals surface area contributed by atoms with E-state index in [2.05, 4.69) is 27.1 Å². The second-order valence-electron chi connectivity index (χ2n) is 6.10. The number of aromatic nitrogens is 2. The maximum absolute atomic E-state index is 5.64. The van der Waals surface area contributed by atoms with Crippen LogP contribution in [-0.4, -0.2) is 36.2 Å². The van der Waals surface area contributed by atoms with Crippen LogP contribution in [0.1, 0.15) is 45.4 Å². The number of nitrogens with zero attached hydrogens (tertiary/aromatic N) is 3. The van der Waals surface area contributed by atoms with E-state index in [0.717, 1.165) is 42.8 Å². The molecule has 5 nitrogen and oxygen atoms in total. The Bertz CT molecular complexity index is 479. The maximum atomic E-state index is 5.64. The first-order chi connectivity index (χ1) is 10.3. The van der Waals surface area contributed by atoms with Crippen molar-refractivity contribution in [2.24, 2.45) is 5.92 Å². The number of hydrogen-bond donors (Lipinski definition) is 1. The average molecular weight is 290 g/mol. The van der Waals surface area contributed by atoms with Gasteiger partial charge in [-0.15, -0.1) is 0 Å². The summed E-state index contributed by atoms with van der Waals surface area (Å²) in [7, 11) is 1.72. The molecule has 1 N–H and O–H groups in total. The molecule has 0 spiro atoms. The number of ether oxygens (including phenoxy) is 1. The summed E-state index contributed by atoms with van der Waals surface area (Å²) in [6.07, 6.45) is 9.40. The number of methoxy groups -OCH3 is 1. The van der Waals surface area contributed by atoms with Gasteiger partial charge in [0.2, 0.25) is 5.75 Å². The van der Waals surface area contributed by atoms with E-state index in [1.54, 1.807) is 13.4 Å². The molecule has 0 bridgehead atoms. The van der Waals surface area contributed by atoms with Crippen LogP contribution in [0.5, 0.6) is 5.75 Å². The molecule has 2 heterocycles. The Morgan fingerprint density at radius 3 is 2.95 bits per heavy atom. The summed E-state index contributed by atoms with van der Waals surface area (Å²) in [5.41, 5.74) is 0. The zero-order valence-corrected chi connectivity index (χ0v) is 13.1. The molecule has 116 valence electrons. The second kappa shape index (κ2) is 6.50. The van der Waals surface area contributed by atoms with Crippen LogP contribution in [0.3, 0.4) is 0 Å². The minimum Gasteiger partial charge on any atom is -0.490 e. The van der Waals surface area contributed by atoms with Crippen molar-refractivity contribution in [1.82, 2.24) is 9.97 Å². The molecule has 1 aromatic rings. The van der Waals surface area contributed by atoms with Crippen molar-refractivity contribution in [3.05, 3.63) is 6.33 Å². The Balaban J connectivity index is 1.87. The normalized spacial score (nSPS) is 24.8. The van der Waals surface area contributed by atoms with E-state index in [0.29, 0.717) is 6.04 Å². The van der Waals surface area contributed by atoms with Gasteiger partial charge in [0.15, 0.2) is 11.6 Å². The van der Waals surface area contributed by atoms with E-state index >= 15 is 0 Å². The predicted molar refractivity (Wildman–Crippen MR) is 85.1 cm³/mol. The van der Waals surface area contributed by atoms with Crippen molar-refractivity contribution in [2.45, 2.75) is 51.5 Å². The molecule has 2 unspecified atom stereocenters. The van der Waals surface area contributed by atoms with Crippen LogP contribution in [0.25, 0.3) is 0 Å². The molecule has 1 aromatic heterocycles. The van der Waals surface area contributed by atoms with Crippen molar-refractivity contribution < 1.29 is 4.74 Å². The molecule has 5 heteroatoms. The quantitative estimate of drug-likeness (QED) is 0.903. The van der Waals surface area contributed by atoms with E-state index in [1.807, 2.05) is 0 Å². The summed E-state index contributed by atoms with van der Waals surface area (Å²) in [6.45, 7) is 4.14. The molecule has 0 radical (unpaired) electrons. The van der Waals surface area contributed by atoms with Gasteiger partial charge in [0.05, 0.1) is 7.11 Å². The van der Waals surface area contributed by atoms with Gasteiger partial charge in [-0.3, -0.25) is 0 Å². The molecule has 2 atom stereocenters. The fourth-order valence-electron chi connectivity index (χ4n) is 3.80. The summed E-state index contributed by atoms with van der Waals surface area (Å²) >= 11 is 0. The smallest absolute Gasteiger partial charge is 0.204 e. The number of anilines is 2. The van der Waals surface area contributed by atoms with Gasteiger partial charge in [0.1, 0.15) is 6.33 Å². The molecule has 21 heavy (non-hydrogen) atoms. The highest BCUT2D eigenvalue weighted by atomic mass is 16.5. The van der Waals surface area contributed by atoms with E-state index in [4.69, 9.17) is 4.74 Å². The maximum Gasteiger partial charge on any atom is 0.204 e. The first-order valence-electron chi connectivity index (χ1n) is 8.24. The number of hydrogen-bond acceptors (Lipinski definition) is 5. The largest absolute Gasteiger partial charge is 0.490 e. The van der Waals surface area contributed by atoms with Crippen LogP contribution >= 0.6 is 0 Å². The van der Waals surface area contributed by atoms with Crippen LogP contribution < -0.4 is 15.0 Å². The van der Waals surface area contributed by atoms with E-state index in [1.165, 1.54) is 32.1 Å². The lowest BCUT2D eigenvalue weighted by Crippen LogP contribution is -2.35. The van der Waals surface area contributed by atoms with Crippen molar-refractivity contribution in [2.75, 3.05) is 30.4 Å². The number of nitrogens with one attached hydrogen (secondary N) is 1. The zero-order valence-electron chi connectivity index (χ0n) is 13.1. The van der Waals surface area contributed by atoms with Gasteiger partial charge in [-0.25, -0.2) is 9.97 Å². The summed E-state index contributed by atoms with van der Waals surface area (Å²) in [5, 5.41) is 3.35. The summed E-state index contributed by atoms with van der Waals surface area (Å²) in [6, 6.07) is 0.640. The highest BCUT2D eigenvalue weighted by Crippen LogP contribution is 2.42. The van der Waals surface area contributed by atoms with Crippen LogP contribution in [0.2, 0.25) is 0 Å². The topological polar surface area (TPSA) is 50.3 Å². The Labute approximate surface area is 127 Å². The molecular weight excluding hydrogens is 264 g/mol. The number of rotatable bonds is 5. The summed E-state index contributed by atoms with van der Waals surface area (Å²) in [4.78, 5) is 11.4. The van der Waals surface area contributed by atoms with Crippen LogP contribution in [0.15, 0.2) is 6.33 Å². The van der Waals surface area contributed by atoms with Crippen LogP contribution in [0, 0.1) is 5.92 Å². The average Bonchev–Trinajstić information content (AvgIpc) is 2.96. The SMILES string of the molecule is CCCNc1ncnc(N2CCC3CCCCC32)c1OC. The predicted octanol–water partition coefficient (Wildman–Crippen LogP) is 3.08. The molecule has 1 saturated heterocycles. The Kier molecular flexibility index (Phi) is 4.46. The Morgan fingerprint density at radius 2 is 2.14 bits per heavy atom. The van der Waals surface area contributed by atoms with Gasteiger partial charge < -0.3 is 15.0 Å². The van der Waals surface area contributed by atoms with E-state index in [-0.39, 0.29) is 0 Å². The lowest BCUT2D eigenvalue weighted by molar-refractivity contribution is 0.339. The molecule has 3 rings (SSSR count). The monoisotopic (exact) mass is 290 g/mol. The summed E-state index contributed by atoms with van der Waals surface area (Å²) in [5.74, 6) is 3.44. The van der Waals surface area contributed by atoms with Gasteiger partial charge >= 0.3 is 0 Å². The standard InChI is InChI=1S/C16H26N4O/c1-3-9-17-15-14(21-2)16(19-11-18-15)20-10-8-12-6-4-5-7-13(12)20/h11-13H,3-10H2,1-2H3,(H,17,18,19). The molecule has 2 aliphatic rings. The molecule has 1 saturated carbocycles. The lowest BCUT2D eigenvalue weighted by Gasteiger charge is -2.33. The third kappa shape index (κ3) is 2.78. The first-order valence-corrected chi connectivity index (χ1v) is 8.24. The first kappa shape index (κ1) is 14.4. The fraction of sp³-hybridized carbons (Fsp3) is 0.750. The van der Waals surface area contributed by atoms with Gasteiger partial charge in [0.25, 0.3) is 0 Å². The van der Waals surface area contributed by atoms with Crippen LogP contribution in [-0.2, 0) is 0 Å². The minimum absolute atomic E-state index is 0.640. The molecule has 2 fully saturated rings. The fourth-order valence-corrected chi connectivity index (χ4v) is 3.80. The molecule has 1 aliphatic carbocycles. The Hall–Kier alpha value is -1.52. The second-order valence-corrected chi connectivity index (χ2v) is 6.10. The lowest BCUT2D eigenvalue weighted by atomic mass is 9.85. The zero-order chi connectivity index (χ0) is 14.7. The Morgan fingerprint density at radius 1 is 1.29 bits per heavy atom. The third-order valence-corrected chi connectivity index (χ3v) is 4.81. The number of fused-ring (bicyclic) bond motifs is 1. The molecule has 1 aliphatic heterocycles. The van der Waals surface area contributed by atoms with Crippen molar-refractivity contribution in [3.63, 3.8) is 0 Å². The molecule has 0 aromatic carbocycles. The van der Waals surface area contributed by atoms with Crippen LogP contribution in [0.4, 0.5) is 11.6 Å². The summed E-state index contributed by atoms with van der Waals surface area (Å²) < 4.78 is 5.64. The molecule has 0 amide bonds. The van der Waals surface area contributed by atoms with Gasteiger partial charge in [-0.05, 0) is 31.6 Å². The van der Waals surface area contributed by atoms with E-state index < -0.39 is 0 Å². The van der Waals surface area contributed by atoms with Gasteiger partial charge in [0, 0.05) is 19.1 Å². The molecular formula is C16H26N4O. The van der Waals surface area contributed by atoms with Gasteiger partial charge in [-0.2, -0.15) is 0 Å². The van der Waals surface area contributed by atoms with Gasteiger partial charge in [-0.1, -0.05) is 19.8 Å². The van der Waals surface area contributed by atoms with Crippen molar-refractivity contribution in [1.29, 1.82) is 0 Å². The minimum atomic E-state index is 0.640.